The highest BCUT2D eigenvalue weighted by molar-refractivity contribution is 8.27. The van der Waals surface area contributed by atoms with Gasteiger partial charge in [-0.3, -0.25) is 9.69 Å². The molecule has 0 spiro atoms. The summed E-state index contributed by atoms with van der Waals surface area (Å²) in [4.78, 5) is 22.7. The first-order valence-electron chi connectivity index (χ1n) is 8.73. The number of furan rings is 1. The van der Waals surface area contributed by atoms with E-state index in [9.17, 15) is 4.79 Å². The van der Waals surface area contributed by atoms with Crippen molar-refractivity contribution in [1.82, 2.24) is 9.97 Å². The molecule has 8 heteroatoms. The van der Waals surface area contributed by atoms with Gasteiger partial charge in [0.2, 0.25) is 0 Å². The zero-order valence-corrected chi connectivity index (χ0v) is 17.3. The number of hydrogen-bond acceptors (Lipinski definition) is 6. The summed E-state index contributed by atoms with van der Waals surface area (Å²) in [6.07, 6.45) is 1.73. The van der Waals surface area contributed by atoms with Gasteiger partial charge in [-0.15, -0.1) is 0 Å². The standard InChI is InChI=1S/C21H13N3O2S3/c25-19-17(28-21(27)24(19)13-6-2-1-3-7-13)12-14-10-11-18(26-14)29-20-22-15-8-4-5-9-16(15)23-20/h1-12H,(H,22,23)/b17-12+. The van der Waals surface area contributed by atoms with Crippen LogP contribution in [0.15, 0.2) is 86.3 Å². The van der Waals surface area contributed by atoms with Crippen LogP contribution in [0, 0.1) is 0 Å². The van der Waals surface area contributed by atoms with Gasteiger partial charge < -0.3 is 9.40 Å². The molecule has 1 amide bonds. The number of thiocarbonyl (C=S) groups is 1. The average Bonchev–Trinajstić information content (AvgIpc) is 3.41. The number of nitrogens with one attached hydrogen (secondary N) is 1. The molecule has 1 aliphatic rings. The summed E-state index contributed by atoms with van der Waals surface area (Å²) in [5.41, 5.74) is 2.65. The molecule has 0 aliphatic carbocycles. The van der Waals surface area contributed by atoms with E-state index in [1.807, 2.05) is 66.7 Å². The first kappa shape index (κ1) is 18.2. The number of hydrogen-bond donors (Lipinski definition) is 1. The van der Waals surface area contributed by atoms with Gasteiger partial charge >= 0.3 is 0 Å². The number of para-hydroxylation sites is 3. The van der Waals surface area contributed by atoms with E-state index in [-0.39, 0.29) is 5.91 Å². The lowest BCUT2D eigenvalue weighted by molar-refractivity contribution is -0.113. The Balaban J connectivity index is 1.36. The Morgan fingerprint density at radius 2 is 1.86 bits per heavy atom. The summed E-state index contributed by atoms with van der Waals surface area (Å²) >= 11 is 8.07. The number of benzene rings is 2. The fourth-order valence-electron chi connectivity index (χ4n) is 2.94. The molecule has 1 fully saturated rings. The number of carbonyl (C=O) groups is 1. The molecule has 0 bridgehead atoms. The molecule has 2 aromatic carbocycles. The molecule has 4 aromatic rings. The second-order valence-corrected chi connectivity index (χ2v) is 8.84. The highest BCUT2D eigenvalue weighted by Gasteiger charge is 2.33. The number of aromatic amines is 1. The van der Waals surface area contributed by atoms with Crippen LogP contribution in [-0.2, 0) is 4.79 Å². The topological polar surface area (TPSA) is 62.1 Å². The number of nitrogens with zero attached hydrogens (tertiary/aromatic N) is 2. The van der Waals surface area contributed by atoms with Gasteiger partial charge in [-0.1, -0.05) is 54.3 Å². The van der Waals surface area contributed by atoms with Crippen molar-refractivity contribution >= 4 is 68.8 Å². The van der Waals surface area contributed by atoms with E-state index in [0.29, 0.717) is 20.1 Å². The molecule has 0 radical (unpaired) electrons. The largest absolute Gasteiger partial charge is 0.450 e. The van der Waals surface area contributed by atoms with Crippen molar-refractivity contribution in [3.8, 4) is 0 Å². The van der Waals surface area contributed by atoms with E-state index in [1.54, 1.807) is 11.0 Å². The van der Waals surface area contributed by atoms with Crippen LogP contribution in [0.4, 0.5) is 5.69 Å². The number of amides is 1. The van der Waals surface area contributed by atoms with Crippen LogP contribution in [0.1, 0.15) is 5.76 Å². The molecule has 29 heavy (non-hydrogen) atoms. The Morgan fingerprint density at radius 3 is 2.69 bits per heavy atom. The maximum Gasteiger partial charge on any atom is 0.270 e. The molecule has 0 atom stereocenters. The smallest absolute Gasteiger partial charge is 0.270 e. The molecule has 0 unspecified atom stereocenters. The molecule has 5 rings (SSSR count). The van der Waals surface area contributed by atoms with Crippen LogP contribution in [0.25, 0.3) is 17.1 Å². The number of carbonyl (C=O) groups excluding carboxylic acids is 1. The number of thioether (sulfide) groups is 1. The Hall–Kier alpha value is -2.81. The van der Waals surface area contributed by atoms with Gasteiger partial charge in [0.15, 0.2) is 14.6 Å². The lowest BCUT2D eigenvalue weighted by Gasteiger charge is -2.13. The second-order valence-electron chi connectivity index (χ2n) is 6.17. The molecule has 1 saturated heterocycles. The summed E-state index contributed by atoms with van der Waals surface area (Å²) in [5.74, 6) is 0.450. The van der Waals surface area contributed by atoms with Gasteiger partial charge in [0.25, 0.3) is 5.91 Å². The minimum Gasteiger partial charge on any atom is -0.450 e. The van der Waals surface area contributed by atoms with Gasteiger partial charge in [0, 0.05) is 6.08 Å². The molecular formula is C21H13N3O2S3. The first-order valence-corrected chi connectivity index (χ1v) is 10.8. The third-order valence-corrected chi connectivity index (χ3v) is 6.36. The molecule has 0 saturated carbocycles. The van der Waals surface area contributed by atoms with E-state index in [4.69, 9.17) is 16.6 Å². The van der Waals surface area contributed by atoms with Crippen LogP contribution in [-0.4, -0.2) is 20.2 Å². The van der Waals surface area contributed by atoms with Crippen molar-refractivity contribution in [2.24, 2.45) is 0 Å². The van der Waals surface area contributed by atoms with Crippen LogP contribution in [0.5, 0.6) is 0 Å². The van der Waals surface area contributed by atoms with E-state index >= 15 is 0 Å². The number of aromatic nitrogens is 2. The van der Waals surface area contributed by atoms with Gasteiger partial charge in [0.05, 0.1) is 21.6 Å². The number of H-pyrrole nitrogens is 1. The van der Waals surface area contributed by atoms with Gasteiger partial charge in [0.1, 0.15) is 5.76 Å². The predicted molar refractivity (Wildman–Crippen MR) is 121 cm³/mol. The highest BCUT2D eigenvalue weighted by Crippen LogP contribution is 2.37. The van der Waals surface area contributed by atoms with Gasteiger partial charge in [-0.2, -0.15) is 0 Å². The molecule has 2 aromatic heterocycles. The number of fused-ring (bicyclic) bond motifs is 1. The monoisotopic (exact) mass is 435 g/mol. The van der Waals surface area contributed by atoms with Crippen molar-refractivity contribution < 1.29 is 9.21 Å². The second kappa shape index (κ2) is 7.55. The summed E-state index contributed by atoms with van der Waals surface area (Å²) in [6, 6.07) is 20.9. The zero-order chi connectivity index (χ0) is 19.8. The molecule has 3 heterocycles. The Morgan fingerprint density at radius 1 is 1.07 bits per heavy atom. The van der Waals surface area contributed by atoms with Gasteiger partial charge in [-0.05, 0) is 48.2 Å². The summed E-state index contributed by atoms with van der Waals surface area (Å²) in [6.45, 7) is 0. The number of imidazole rings is 1. The highest BCUT2D eigenvalue weighted by atomic mass is 32.2. The summed E-state index contributed by atoms with van der Waals surface area (Å²) in [7, 11) is 0. The van der Waals surface area contributed by atoms with Crippen molar-refractivity contribution in [3.63, 3.8) is 0 Å². The zero-order valence-electron chi connectivity index (χ0n) is 14.9. The Labute approximate surface area is 180 Å². The van der Waals surface area contributed by atoms with Gasteiger partial charge in [-0.25, -0.2) is 4.98 Å². The average molecular weight is 436 g/mol. The normalized spacial score (nSPS) is 15.7. The SMILES string of the molecule is O=C1/C(=C\c2ccc(Sc3nc4ccccc4[nH]3)o2)SC(=S)N1c1ccccc1. The van der Waals surface area contributed by atoms with Crippen molar-refractivity contribution in [2.45, 2.75) is 10.2 Å². The Bertz CT molecular complexity index is 1230. The first-order chi connectivity index (χ1) is 14.2. The van der Waals surface area contributed by atoms with Crippen LogP contribution >= 0.6 is 35.7 Å². The van der Waals surface area contributed by atoms with E-state index in [0.717, 1.165) is 21.9 Å². The molecule has 5 nitrogen and oxygen atoms in total. The minimum atomic E-state index is -0.144. The summed E-state index contributed by atoms with van der Waals surface area (Å²) in [5, 5.41) is 1.44. The van der Waals surface area contributed by atoms with Crippen molar-refractivity contribution in [2.75, 3.05) is 4.90 Å². The number of anilines is 1. The van der Waals surface area contributed by atoms with Crippen LogP contribution in [0.2, 0.25) is 0 Å². The van der Waals surface area contributed by atoms with Crippen LogP contribution in [0.3, 0.4) is 0 Å². The third kappa shape index (κ3) is 3.62. The lowest BCUT2D eigenvalue weighted by atomic mass is 10.3. The fraction of sp³-hybridized carbons (Fsp3) is 0. The maximum absolute atomic E-state index is 12.8. The Kier molecular flexibility index (Phi) is 4.75. The van der Waals surface area contributed by atoms with E-state index < -0.39 is 0 Å². The predicted octanol–water partition coefficient (Wildman–Crippen LogP) is 5.71. The fourth-order valence-corrected chi connectivity index (χ4v) is 4.99. The minimum absolute atomic E-state index is 0.144. The maximum atomic E-state index is 12.8. The lowest BCUT2D eigenvalue weighted by Crippen LogP contribution is -2.27. The molecule has 1 aliphatic heterocycles. The van der Waals surface area contributed by atoms with E-state index in [2.05, 4.69) is 9.97 Å². The molecular weight excluding hydrogens is 422 g/mol. The summed E-state index contributed by atoms with van der Waals surface area (Å²) < 4.78 is 6.38. The molecule has 1 N–H and O–H groups in total. The third-order valence-electron chi connectivity index (χ3n) is 4.25. The van der Waals surface area contributed by atoms with Crippen molar-refractivity contribution in [1.29, 1.82) is 0 Å². The quantitative estimate of drug-likeness (QED) is 0.327. The number of rotatable bonds is 4. The van der Waals surface area contributed by atoms with Crippen LogP contribution < -0.4 is 4.90 Å². The van der Waals surface area contributed by atoms with E-state index in [1.165, 1.54) is 23.5 Å². The molecule has 142 valence electrons. The van der Waals surface area contributed by atoms with Crippen molar-refractivity contribution in [3.05, 3.63) is 77.4 Å².